The summed E-state index contributed by atoms with van der Waals surface area (Å²) in [5, 5.41) is 0. The first kappa shape index (κ1) is 50.4. The van der Waals surface area contributed by atoms with E-state index in [1.807, 2.05) is 0 Å². The quantitative estimate of drug-likeness (QED) is 0.0353. The Kier molecular flexibility index (Phi) is 40.9. The van der Waals surface area contributed by atoms with Gasteiger partial charge in [-0.15, -0.1) is 0 Å². The molecule has 1 atom stereocenters. The highest BCUT2D eigenvalue weighted by Gasteiger charge is 2.19. The Morgan fingerprint density at radius 1 is 0.308 bits per heavy atom. The first-order chi connectivity index (χ1) is 25.5. The van der Waals surface area contributed by atoms with Gasteiger partial charge in [-0.1, -0.05) is 220 Å². The van der Waals surface area contributed by atoms with Gasteiger partial charge in [-0.25, -0.2) is 0 Å². The van der Waals surface area contributed by atoms with Crippen LogP contribution in [0.1, 0.15) is 258 Å². The molecule has 0 aromatic rings. The Morgan fingerprint density at radius 2 is 0.519 bits per heavy atom. The lowest BCUT2D eigenvalue weighted by molar-refractivity contribution is -0.167. The molecule has 0 fully saturated rings. The summed E-state index contributed by atoms with van der Waals surface area (Å²) >= 11 is 0. The SMILES string of the molecule is CCCCCCCCCCCCCCCCCCC(=O)OC[C@@H](COC(=O)CCCCCCC)OC(=O)CCCCCCCCCCCCCCC. The zero-order valence-electron chi connectivity index (χ0n) is 35.1. The molecule has 308 valence electrons. The summed E-state index contributed by atoms with van der Waals surface area (Å²) < 4.78 is 16.6. The van der Waals surface area contributed by atoms with E-state index in [1.165, 1.54) is 154 Å². The molecule has 0 spiro atoms. The van der Waals surface area contributed by atoms with Crippen LogP contribution in [-0.4, -0.2) is 37.2 Å². The Morgan fingerprint density at radius 3 is 0.769 bits per heavy atom. The van der Waals surface area contributed by atoms with Crippen LogP contribution in [0.2, 0.25) is 0 Å². The van der Waals surface area contributed by atoms with Gasteiger partial charge in [0.05, 0.1) is 0 Å². The molecule has 0 aliphatic carbocycles. The monoisotopic (exact) mass is 737 g/mol. The zero-order chi connectivity index (χ0) is 38.0. The van der Waals surface area contributed by atoms with Crippen molar-refractivity contribution in [1.82, 2.24) is 0 Å². The first-order valence-electron chi connectivity index (χ1n) is 23.0. The molecular weight excluding hydrogens is 648 g/mol. The highest BCUT2D eigenvalue weighted by atomic mass is 16.6. The number of carbonyl (C=O) groups excluding carboxylic acids is 3. The molecular formula is C46H88O6. The van der Waals surface area contributed by atoms with E-state index in [4.69, 9.17) is 14.2 Å². The molecule has 0 amide bonds. The average Bonchev–Trinajstić information content (AvgIpc) is 3.14. The number of hydrogen-bond donors (Lipinski definition) is 0. The highest BCUT2D eigenvalue weighted by molar-refractivity contribution is 5.71. The second-order valence-electron chi connectivity index (χ2n) is 15.7. The predicted octanol–water partition coefficient (Wildman–Crippen LogP) is 14.5. The minimum Gasteiger partial charge on any atom is -0.462 e. The second kappa shape index (κ2) is 42.2. The summed E-state index contributed by atoms with van der Waals surface area (Å²) in [6.07, 6.45) is 42.6. The summed E-state index contributed by atoms with van der Waals surface area (Å²) in [5.41, 5.74) is 0. The topological polar surface area (TPSA) is 78.9 Å². The van der Waals surface area contributed by atoms with E-state index in [0.29, 0.717) is 19.3 Å². The van der Waals surface area contributed by atoms with Gasteiger partial charge in [-0.3, -0.25) is 14.4 Å². The lowest BCUT2D eigenvalue weighted by Crippen LogP contribution is -2.30. The van der Waals surface area contributed by atoms with Gasteiger partial charge in [0.15, 0.2) is 6.10 Å². The molecule has 6 nitrogen and oxygen atoms in total. The van der Waals surface area contributed by atoms with Gasteiger partial charge in [-0.05, 0) is 19.3 Å². The predicted molar refractivity (Wildman–Crippen MR) is 220 cm³/mol. The van der Waals surface area contributed by atoms with Crippen LogP contribution in [0.5, 0.6) is 0 Å². The first-order valence-corrected chi connectivity index (χ1v) is 23.0. The molecule has 0 aromatic heterocycles. The van der Waals surface area contributed by atoms with E-state index < -0.39 is 6.10 Å². The van der Waals surface area contributed by atoms with Crippen molar-refractivity contribution in [2.75, 3.05) is 13.2 Å². The minimum atomic E-state index is -0.756. The smallest absolute Gasteiger partial charge is 0.306 e. The van der Waals surface area contributed by atoms with E-state index in [-0.39, 0.29) is 31.1 Å². The molecule has 52 heavy (non-hydrogen) atoms. The van der Waals surface area contributed by atoms with E-state index in [9.17, 15) is 14.4 Å². The number of unbranched alkanes of at least 4 members (excludes halogenated alkanes) is 31. The van der Waals surface area contributed by atoms with Crippen molar-refractivity contribution in [2.24, 2.45) is 0 Å². The third kappa shape index (κ3) is 39.6. The van der Waals surface area contributed by atoms with Crippen LogP contribution in [0.3, 0.4) is 0 Å². The van der Waals surface area contributed by atoms with Gasteiger partial charge in [-0.2, -0.15) is 0 Å². The summed E-state index contributed by atoms with van der Waals surface area (Å²) in [6, 6.07) is 0. The molecule has 0 aromatic carbocycles. The molecule has 0 bridgehead atoms. The molecule has 0 rings (SSSR count). The van der Waals surface area contributed by atoms with Gasteiger partial charge >= 0.3 is 17.9 Å². The van der Waals surface area contributed by atoms with Crippen LogP contribution < -0.4 is 0 Å². The maximum absolute atomic E-state index is 12.7. The van der Waals surface area contributed by atoms with Gasteiger partial charge < -0.3 is 14.2 Å². The van der Waals surface area contributed by atoms with Crippen LogP contribution in [-0.2, 0) is 28.6 Å². The lowest BCUT2D eigenvalue weighted by Gasteiger charge is -2.18. The van der Waals surface area contributed by atoms with Gasteiger partial charge in [0.1, 0.15) is 13.2 Å². The van der Waals surface area contributed by atoms with Crippen molar-refractivity contribution in [3.63, 3.8) is 0 Å². The van der Waals surface area contributed by atoms with Crippen molar-refractivity contribution >= 4 is 17.9 Å². The summed E-state index contributed by atoms with van der Waals surface area (Å²) in [5.74, 6) is -0.865. The Balaban J connectivity index is 4.15. The zero-order valence-corrected chi connectivity index (χ0v) is 35.1. The fraction of sp³-hybridized carbons (Fsp3) is 0.935. The Hall–Kier alpha value is -1.59. The standard InChI is InChI=1S/C46H88O6/c1-4-7-10-13-15-17-19-21-22-23-25-26-28-30-33-36-39-45(48)51-42-43(41-50-44(47)38-35-32-12-9-6-3)52-46(49)40-37-34-31-29-27-24-20-18-16-14-11-8-5-2/h43H,4-42H2,1-3H3/t43-/m1/s1. The molecule has 0 heterocycles. The average molecular weight is 737 g/mol. The molecule has 0 N–H and O–H groups in total. The van der Waals surface area contributed by atoms with Crippen LogP contribution in [0.4, 0.5) is 0 Å². The minimum absolute atomic E-state index is 0.0637. The number of rotatable bonds is 42. The van der Waals surface area contributed by atoms with Crippen molar-refractivity contribution in [3.8, 4) is 0 Å². The fourth-order valence-corrected chi connectivity index (χ4v) is 6.85. The normalized spacial score (nSPS) is 11.8. The summed E-state index contributed by atoms with van der Waals surface area (Å²) in [7, 11) is 0. The highest BCUT2D eigenvalue weighted by Crippen LogP contribution is 2.16. The lowest BCUT2D eigenvalue weighted by atomic mass is 10.0. The van der Waals surface area contributed by atoms with Crippen LogP contribution >= 0.6 is 0 Å². The molecule has 0 radical (unpaired) electrons. The van der Waals surface area contributed by atoms with Gasteiger partial charge in [0, 0.05) is 19.3 Å². The molecule has 0 aliphatic rings. The van der Waals surface area contributed by atoms with E-state index in [1.54, 1.807) is 0 Å². The van der Waals surface area contributed by atoms with E-state index >= 15 is 0 Å². The third-order valence-corrected chi connectivity index (χ3v) is 10.4. The Bertz CT molecular complexity index is 768. The largest absolute Gasteiger partial charge is 0.462 e. The van der Waals surface area contributed by atoms with Crippen LogP contribution in [0.25, 0.3) is 0 Å². The van der Waals surface area contributed by atoms with E-state index in [0.717, 1.165) is 64.2 Å². The van der Waals surface area contributed by atoms with Crippen molar-refractivity contribution < 1.29 is 28.6 Å². The number of carbonyl (C=O) groups is 3. The van der Waals surface area contributed by atoms with Crippen LogP contribution in [0.15, 0.2) is 0 Å². The van der Waals surface area contributed by atoms with E-state index in [2.05, 4.69) is 20.8 Å². The fourth-order valence-electron chi connectivity index (χ4n) is 6.85. The number of esters is 3. The van der Waals surface area contributed by atoms with Crippen molar-refractivity contribution in [2.45, 2.75) is 264 Å². The summed E-state index contributed by atoms with van der Waals surface area (Å²) in [4.78, 5) is 37.5. The molecule has 0 aliphatic heterocycles. The molecule has 0 saturated heterocycles. The number of hydrogen-bond acceptors (Lipinski definition) is 6. The number of ether oxygens (including phenoxy) is 3. The maximum atomic E-state index is 12.7. The van der Waals surface area contributed by atoms with Crippen molar-refractivity contribution in [3.05, 3.63) is 0 Å². The molecule has 0 unspecified atom stereocenters. The maximum Gasteiger partial charge on any atom is 0.306 e. The second-order valence-corrected chi connectivity index (χ2v) is 15.7. The van der Waals surface area contributed by atoms with Crippen LogP contribution in [0, 0.1) is 0 Å². The molecule has 0 saturated carbocycles. The third-order valence-electron chi connectivity index (χ3n) is 10.4. The van der Waals surface area contributed by atoms with Gasteiger partial charge in [0.25, 0.3) is 0 Å². The van der Waals surface area contributed by atoms with Gasteiger partial charge in [0.2, 0.25) is 0 Å². The summed E-state index contributed by atoms with van der Waals surface area (Å²) in [6.45, 7) is 6.58. The Labute approximate surface area is 323 Å². The van der Waals surface area contributed by atoms with Crippen molar-refractivity contribution in [1.29, 1.82) is 0 Å². The molecule has 6 heteroatoms.